The third-order valence-electron chi connectivity index (χ3n) is 5.59. The van der Waals surface area contributed by atoms with E-state index < -0.39 is 11.6 Å². The summed E-state index contributed by atoms with van der Waals surface area (Å²) in [7, 11) is 0. The van der Waals surface area contributed by atoms with Crippen LogP contribution in [0.25, 0.3) is 0 Å². The van der Waals surface area contributed by atoms with Gasteiger partial charge in [0.25, 0.3) is 0 Å². The van der Waals surface area contributed by atoms with Crippen molar-refractivity contribution in [2.24, 2.45) is 11.8 Å². The van der Waals surface area contributed by atoms with E-state index in [1.165, 1.54) is 0 Å². The largest absolute Gasteiger partial charge is 0.342 e. The van der Waals surface area contributed by atoms with E-state index in [4.69, 9.17) is 0 Å². The Balaban J connectivity index is 1.53. The predicted molar refractivity (Wildman–Crippen MR) is 104 cm³/mol. The van der Waals surface area contributed by atoms with E-state index >= 15 is 0 Å². The third kappa shape index (κ3) is 4.92. The standard InChI is InChI=1S/C21H27F2N3O3/c1-21(2,3)26-12-14(8-18(26)27)20(29)25-6-4-13(5-7-25)19(28)24-17-10-15(22)9-16(23)11-17/h9-11,13-14H,4-8,12H2,1-3H3,(H,24,28). The average molecular weight is 407 g/mol. The molecule has 6 nitrogen and oxygen atoms in total. The first kappa shape index (κ1) is 21.2. The number of anilines is 1. The summed E-state index contributed by atoms with van der Waals surface area (Å²) in [6, 6.07) is 2.88. The summed E-state index contributed by atoms with van der Waals surface area (Å²) in [5, 5.41) is 2.55. The number of likely N-dealkylation sites (tertiary alicyclic amines) is 2. The summed E-state index contributed by atoms with van der Waals surface area (Å²) in [6.07, 6.45) is 1.17. The molecule has 8 heteroatoms. The summed E-state index contributed by atoms with van der Waals surface area (Å²) in [5.41, 5.74) is -0.231. The normalized spacial score (nSPS) is 20.9. The Morgan fingerprint density at radius 2 is 1.62 bits per heavy atom. The van der Waals surface area contributed by atoms with Gasteiger partial charge in [-0.25, -0.2) is 8.78 Å². The van der Waals surface area contributed by atoms with Gasteiger partial charge in [0.2, 0.25) is 17.7 Å². The first-order chi connectivity index (χ1) is 13.5. The van der Waals surface area contributed by atoms with Crippen LogP contribution in [-0.2, 0) is 14.4 Å². The van der Waals surface area contributed by atoms with Crippen molar-refractivity contribution in [3.8, 4) is 0 Å². The van der Waals surface area contributed by atoms with Crippen molar-refractivity contribution >= 4 is 23.4 Å². The minimum Gasteiger partial charge on any atom is -0.342 e. The number of piperidine rings is 1. The van der Waals surface area contributed by atoms with Gasteiger partial charge in [-0.1, -0.05) is 0 Å². The Hall–Kier alpha value is -2.51. The quantitative estimate of drug-likeness (QED) is 0.838. The van der Waals surface area contributed by atoms with Crippen molar-refractivity contribution < 1.29 is 23.2 Å². The number of amides is 3. The molecule has 2 heterocycles. The van der Waals surface area contributed by atoms with E-state index in [0.29, 0.717) is 32.5 Å². The summed E-state index contributed by atoms with van der Waals surface area (Å²) in [4.78, 5) is 40.9. The van der Waals surface area contributed by atoms with Gasteiger partial charge in [-0.2, -0.15) is 0 Å². The molecule has 1 N–H and O–H groups in total. The maximum atomic E-state index is 13.3. The minimum atomic E-state index is -0.754. The number of nitrogens with one attached hydrogen (secondary N) is 1. The number of carbonyl (C=O) groups is 3. The molecule has 0 bridgehead atoms. The molecule has 0 radical (unpaired) electrons. The highest BCUT2D eigenvalue weighted by molar-refractivity contribution is 5.93. The fourth-order valence-electron chi connectivity index (χ4n) is 4.01. The molecule has 1 atom stereocenters. The van der Waals surface area contributed by atoms with Crippen LogP contribution in [0.5, 0.6) is 0 Å². The fraction of sp³-hybridized carbons (Fsp3) is 0.571. The van der Waals surface area contributed by atoms with Crippen LogP contribution in [0, 0.1) is 23.5 Å². The van der Waals surface area contributed by atoms with Crippen molar-refractivity contribution in [1.29, 1.82) is 0 Å². The first-order valence-corrected chi connectivity index (χ1v) is 9.91. The fourth-order valence-corrected chi connectivity index (χ4v) is 4.01. The summed E-state index contributed by atoms with van der Waals surface area (Å²) in [5.74, 6) is -2.54. The molecular weight excluding hydrogens is 380 g/mol. The van der Waals surface area contributed by atoms with E-state index in [1.54, 1.807) is 9.80 Å². The molecule has 0 aliphatic carbocycles. The topological polar surface area (TPSA) is 69.7 Å². The van der Waals surface area contributed by atoms with E-state index in [0.717, 1.165) is 18.2 Å². The van der Waals surface area contributed by atoms with Crippen molar-refractivity contribution in [2.45, 2.75) is 45.6 Å². The van der Waals surface area contributed by atoms with Gasteiger partial charge < -0.3 is 15.1 Å². The monoisotopic (exact) mass is 407 g/mol. The van der Waals surface area contributed by atoms with Gasteiger partial charge in [-0.3, -0.25) is 14.4 Å². The zero-order valence-corrected chi connectivity index (χ0v) is 17.0. The zero-order valence-electron chi connectivity index (χ0n) is 17.0. The summed E-state index contributed by atoms with van der Waals surface area (Å²) < 4.78 is 26.5. The van der Waals surface area contributed by atoms with Gasteiger partial charge in [0.1, 0.15) is 11.6 Å². The maximum absolute atomic E-state index is 13.3. The molecule has 1 aromatic carbocycles. The highest BCUT2D eigenvalue weighted by Gasteiger charge is 2.41. The molecule has 0 spiro atoms. The molecule has 2 aliphatic rings. The predicted octanol–water partition coefficient (Wildman–Crippen LogP) is 2.79. The SMILES string of the molecule is CC(C)(C)N1CC(C(=O)N2CCC(C(=O)Nc3cc(F)cc(F)c3)CC2)CC1=O. The number of hydrogen-bond acceptors (Lipinski definition) is 3. The van der Waals surface area contributed by atoms with Crippen LogP contribution in [0.3, 0.4) is 0 Å². The molecule has 2 fully saturated rings. The summed E-state index contributed by atoms with van der Waals surface area (Å²) >= 11 is 0. The molecule has 0 saturated carbocycles. The number of nitrogens with zero attached hydrogens (tertiary/aromatic N) is 2. The Labute approximate surface area is 169 Å². The van der Waals surface area contributed by atoms with Gasteiger partial charge in [0, 0.05) is 49.3 Å². The molecular formula is C21H27F2N3O3. The van der Waals surface area contributed by atoms with Crippen molar-refractivity contribution in [3.63, 3.8) is 0 Å². The van der Waals surface area contributed by atoms with Crippen LogP contribution in [-0.4, -0.2) is 52.7 Å². The van der Waals surface area contributed by atoms with Crippen molar-refractivity contribution in [2.75, 3.05) is 25.0 Å². The zero-order chi connectivity index (χ0) is 21.3. The lowest BCUT2D eigenvalue weighted by Gasteiger charge is -2.34. The number of halogens is 2. The van der Waals surface area contributed by atoms with Gasteiger partial charge >= 0.3 is 0 Å². The van der Waals surface area contributed by atoms with Gasteiger partial charge in [0.05, 0.1) is 5.92 Å². The van der Waals surface area contributed by atoms with Crippen LogP contribution < -0.4 is 5.32 Å². The number of hydrogen-bond donors (Lipinski definition) is 1. The maximum Gasteiger partial charge on any atom is 0.227 e. The highest BCUT2D eigenvalue weighted by atomic mass is 19.1. The van der Waals surface area contributed by atoms with Crippen LogP contribution >= 0.6 is 0 Å². The Morgan fingerprint density at radius 1 is 1.03 bits per heavy atom. The van der Waals surface area contributed by atoms with E-state index in [1.807, 2.05) is 20.8 Å². The summed E-state index contributed by atoms with van der Waals surface area (Å²) in [6.45, 7) is 7.13. The van der Waals surface area contributed by atoms with Gasteiger partial charge in [-0.05, 0) is 45.7 Å². The van der Waals surface area contributed by atoms with Crippen LogP contribution in [0.2, 0.25) is 0 Å². The Bertz CT molecular complexity index is 794. The smallest absolute Gasteiger partial charge is 0.227 e. The molecule has 1 unspecified atom stereocenters. The molecule has 0 aromatic heterocycles. The second-order valence-electron chi connectivity index (χ2n) is 8.82. The minimum absolute atomic E-state index is 0.00700. The first-order valence-electron chi connectivity index (χ1n) is 9.91. The Morgan fingerprint density at radius 3 is 2.14 bits per heavy atom. The lowest BCUT2D eigenvalue weighted by atomic mass is 9.94. The number of carbonyl (C=O) groups excluding carboxylic acids is 3. The lowest BCUT2D eigenvalue weighted by Crippen LogP contribution is -2.46. The van der Waals surface area contributed by atoms with E-state index in [-0.39, 0.29) is 47.2 Å². The molecule has 3 amide bonds. The molecule has 2 aliphatic heterocycles. The molecule has 2 saturated heterocycles. The third-order valence-corrected chi connectivity index (χ3v) is 5.59. The lowest BCUT2D eigenvalue weighted by molar-refractivity contribution is -0.138. The molecule has 29 heavy (non-hydrogen) atoms. The van der Waals surface area contributed by atoms with Crippen molar-refractivity contribution in [1.82, 2.24) is 9.80 Å². The number of benzene rings is 1. The molecule has 158 valence electrons. The molecule has 3 rings (SSSR count). The van der Waals surface area contributed by atoms with Gasteiger partial charge in [0.15, 0.2) is 0 Å². The van der Waals surface area contributed by atoms with Crippen molar-refractivity contribution in [3.05, 3.63) is 29.8 Å². The highest BCUT2D eigenvalue weighted by Crippen LogP contribution is 2.29. The molecule has 1 aromatic rings. The van der Waals surface area contributed by atoms with E-state index in [9.17, 15) is 23.2 Å². The van der Waals surface area contributed by atoms with E-state index in [2.05, 4.69) is 5.32 Å². The van der Waals surface area contributed by atoms with Crippen LogP contribution in [0.1, 0.15) is 40.0 Å². The second kappa shape index (κ2) is 8.08. The van der Waals surface area contributed by atoms with Gasteiger partial charge in [-0.15, -0.1) is 0 Å². The second-order valence-corrected chi connectivity index (χ2v) is 8.82. The Kier molecular flexibility index (Phi) is 5.91. The van der Waals surface area contributed by atoms with Crippen LogP contribution in [0.15, 0.2) is 18.2 Å². The average Bonchev–Trinajstić information content (AvgIpc) is 3.02. The number of rotatable bonds is 3. The van der Waals surface area contributed by atoms with Crippen LogP contribution in [0.4, 0.5) is 14.5 Å².